The van der Waals surface area contributed by atoms with Crippen LogP contribution in [-0.2, 0) is 21.2 Å². The summed E-state index contributed by atoms with van der Waals surface area (Å²) in [4.78, 5) is 23.4. The van der Waals surface area contributed by atoms with E-state index >= 15 is 0 Å². The molecule has 0 radical (unpaired) electrons. The monoisotopic (exact) mass is 485 g/mol. The van der Waals surface area contributed by atoms with Crippen molar-refractivity contribution in [3.8, 4) is 5.75 Å². The molecule has 10 heteroatoms. The number of anilines is 1. The molecule has 0 saturated heterocycles. The molecule has 0 atom stereocenters. The summed E-state index contributed by atoms with van der Waals surface area (Å²) in [6.45, 7) is 1.97. The number of fused-ring (bicyclic) bond motifs is 1. The van der Waals surface area contributed by atoms with Gasteiger partial charge in [-0.2, -0.15) is 0 Å². The minimum atomic E-state index is -4.00. The van der Waals surface area contributed by atoms with E-state index in [-0.39, 0.29) is 11.4 Å². The minimum Gasteiger partial charge on any atom is -0.494 e. The van der Waals surface area contributed by atoms with Crippen molar-refractivity contribution in [2.75, 3.05) is 17.8 Å². The zero-order chi connectivity index (χ0) is 23.6. The summed E-state index contributed by atoms with van der Waals surface area (Å²) in [5, 5.41) is 0.336. The Morgan fingerprint density at radius 3 is 2.55 bits per heavy atom. The average molecular weight is 486 g/mol. The van der Waals surface area contributed by atoms with E-state index in [4.69, 9.17) is 4.74 Å². The van der Waals surface area contributed by atoms with Gasteiger partial charge in [-0.05, 0) is 55.0 Å². The fourth-order valence-electron chi connectivity index (χ4n) is 3.26. The molecule has 7 nitrogen and oxygen atoms in total. The van der Waals surface area contributed by atoms with Crippen LogP contribution in [-0.4, -0.2) is 37.2 Å². The number of pyridine rings is 1. The first-order valence-corrected chi connectivity index (χ1v) is 12.4. The largest absolute Gasteiger partial charge is 0.494 e. The Labute approximate surface area is 194 Å². The van der Waals surface area contributed by atoms with Crippen molar-refractivity contribution in [1.29, 1.82) is 0 Å². The second kappa shape index (κ2) is 9.24. The quantitative estimate of drug-likeness (QED) is 0.365. The molecule has 2 aromatic carbocycles. The highest BCUT2D eigenvalue weighted by Crippen LogP contribution is 2.37. The number of carbonyl (C=O) groups excluding carboxylic acids is 1. The summed E-state index contributed by atoms with van der Waals surface area (Å²) in [6.07, 6.45) is 1.60. The van der Waals surface area contributed by atoms with Gasteiger partial charge >= 0.3 is 0 Å². The van der Waals surface area contributed by atoms with E-state index in [1.54, 1.807) is 30.5 Å². The SMILES string of the molecule is COc1ccc(C)c2sc(N(Cc3ccccn3)C(=O)CS(=O)(=O)c3ccc(F)cc3)nc12. The molecule has 0 aliphatic carbocycles. The fraction of sp³-hybridized carbons (Fsp3) is 0.174. The molecular formula is C23H20FN3O4S2. The molecule has 33 heavy (non-hydrogen) atoms. The zero-order valence-corrected chi connectivity index (χ0v) is 19.5. The van der Waals surface area contributed by atoms with Crippen molar-refractivity contribution >= 4 is 42.4 Å². The van der Waals surface area contributed by atoms with Gasteiger partial charge in [0.25, 0.3) is 0 Å². The Balaban J connectivity index is 1.74. The number of hydrogen-bond acceptors (Lipinski definition) is 7. The van der Waals surface area contributed by atoms with Gasteiger partial charge in [-0.1, -0.05) is 23.5 Å². The fourth-order valence-corrected chi connectivity index (χ4v) is 5.53. The lowest BCUT2D eigenvalue weighted by molar-refractivity contribution is -0.116. The Bertz CT molecular complexity index is 1410. The first-order valence-electron chi connectivity index (χ1n) is 9.91. The topological polar surface area (TPSA) is 89.5 Å². The number of hydrogen-bond donors (Lipinski definition) is 0. The molecule has 4 rings (SSSR count). The Hall–Kier alpha value is -3.37. The number of nitrogens with zero attached hydrogens (tertiary/aromatic N) is 3. The maximum Gasteiger partial charge on any atom is 0.244 e. The van der Waals surface area contributed by atoms with Crippen molar-refractivity contribution in [3.05, 3.63) is 77.9 Å². The molecule has 0 aliphatic rings. The van der Waals surface area contributed by atoms with Crippen LogP contribution >= 0.6 is 11.3 Å². The molecule has 170 valence electrons. The van der Waals surface area contributed by atoms with E-state index in [0.29, 0.717) is 22.1 Å². The maximum atomic E-state index is 13.3. The van der Waals surface area contributed by atoms with Crippen LogP contribution in [0.4, 0.5) is 9.52 Å². The van der Waals surface area contributed by atoms with Gasteiger partial charge in [-0.25, -0.2) is 17.8 Å². The predicted molar refractivity (Wildman–Crippen MR) is 125 cm³/mol. The van der Waals surface area contributed by atoms with Gasteiger partial charge in [0.05, 0.1) is 28.9 Å². The van der Waals surface area contributed by atoms with Crippen LogP contribution in [0.3, 0.4) is 0 Å². The van der Waals surface area contributed by atoms with Crippen LogP contribution in [0.5, 0.6) is 5.75 Å². The van der Waals surface area contributed by atoms with Crippen LogP contribution in [0.2, 0.25) is 0 Å². The highest BCUT2D eigenvalue weighted by atomic mass is 32.2. The lowest BCUT2D eigenvalue weighted by Gasteiger charge is -2.19. The Morgan fingerprint density at radius 2 is 1.88 bits per heavy atom. The smallest absolute Gasteiger partial charge is 0.244 e. The Morgan fingerprint density at radius 1 is 1.12 bits per heavy atom. The van der Waals surface area contributed by atoms with E-state index in [1.165, 1.54) is 23.3 Å². The number of thiazole rings is 1. The number of benzene rings is 2. The third kappa shape index (κ3) is 4.86. The molecule has 2 aromatic heterocycles. The molecule has 0 N–H and O–H groups in total. The summed E-state index contributed by atoms with van der Waals surface area (Å²) in [5.74, 6) is -1.46. The molecule has 0 fully saturated rings. The van der Waals surface area contributed by atoms with Crippen molar-refractivity contribution < 1.29 is 22.3 Å². The van der Waals surface area contributed by atoms with Gasteiger partial charge in [0.1, 0.15) is 22.8 Å². The van der Waals surface area contributed by atoms with E-state index in [2.05, 4.69) is 9.97 Å². The number of carbonyl (C=O) groups is 1. The number of halogens is 1. The van der Waals surface area contributed by atoms with Crippen molar-refractivity contribution in [2.45, 2.75) is 18.4 Å². The number of ether oxygens (including phenoxy) is 1. The van der Waals surface area contributed by atoms with Crippen LogP contribution < -0.4 is 9.64 Å². The first-order chi connectivity index (χ1) is 15.8. The third-order valence-corrected chi connectivity index (χ3v) is 7.81. The summed E-state index contributed by atoms with van der Waals surface area (Å²) in [7, 11) is -2.46. The molecule has 0 bridgehead atoms. The van der Waals surface area contributed by atoms with E-state index < -0.39 is 27.3 Å². The van der Waals surface area contributed by atoms with E-state index in [1.807, 2.05) is 13.0 Å². The van der Waals surface area contributed by atoms with Crippen LogP contribution in [0.1, 0.15) is 11.3 Å². The minimum absolute atomic E-state index is 0.0415. The summed E-state index contributed by atoms with van der Waals surface area (Å²) in [5.41, 5.74) is 2.13. The van der Waals surface area contributed by atoms with Crippen molar-refractivity contribution in [3.63, 3.8) is 0 Å². The third-order valence-electron chi connectivity index (χ3n) is 4.98. The number of aryl methyl sites for hydroxylation is 1. The van der Waals surface area contributed by atoms with Crippen LogP contribution in [0.25, 0.3) is 10.2 Å². The van der Waals surface area contributed by atoms with Gasteiger partial charge in [0.2, 0.25) is 5.91 Å². The van der Waals surface area contributed by atoms with E-state index in [9.17, 15) is 17.6 Å². The lowest BCUT2D eigenvalue weighted by Crippen LogP contribution is -2.35. The van der Waals surface area contributed by atoms with Gasteiger partial charge in [-0.3, -0.25) is 14.7 Å². The summed E-state index contributed by atoms with van der Waals surface area (Å²) >= 11 is 1.27. The summed E-state index contributed by atoms with van der Waals surface area (Å²) in [6, 6.07) is 13.4. The van der Waals surface area contributed by atoms with Gasteiger partial charge in [0.15, 0.2) is 15.0 Å². The lowest BCUT2D eigenvalue weighted by atomic mass is 10.2. The van der Waals surface area contributed by atoms with E-state index in [0.717, 1.165) is 34.5 Å². The standard InChI is InChI=1S/C23H20FN3O4S2/c1-15-6-11-19(31-2)21-22(15)32-23(26-21)27(13-17-5-3-4-12-25-17)20(28)14-33(29,30)18-9-7-16(24)8-10-18/h3-12H,13-14H2,1-2H3. The van der Waals surface area contributed by atoms with Crippen LogP contribution in [0.15, 0.2) is 65.7 Å². The molecule has 0 aliphatic heterocycles. The Kier molecular flexibility index (Phi) is 6.39. The van der Waals surface area contributed by atoms with Gasteiger partial charge in [0, 0.05) is 6.20 Å². The normalized spacial score (nSPS) is 11.5. The molecule has 4 aromatic rings. The van der Waals surface area contributed by atoms with Gasteiger partial charge < -0.3 is 4.74 Å². The van der Waals surface area contributed by atoms with Crippen molar-refractivity contribution in [2.24, 2.45) is 0 Å². The molecule has 0 saturated carbocycles. The zero-order valence-electron chi connectivity index (χ0n) is 17.9. The number of methoxy groups -OCH3 is 1. The number of sulfone groups is 1. The first kappa shape index (κ1) is 22.8. The maximum absolute atomic E-state index is 13.3. The summed E-state index contributed by atoms with van der Waals surface area (Å²) < 4.78 is 45.2. The highest BCUT2D eigenvalue weighted by molar-refractivity contribution is 7.92. The second-order valence-corrected chi connectivity index (χ2v) is 10.2. The number of amides is 1. The number of rotatable bonds is 7. The molecule has 0 unspecified atom stereocenters. The second-order valence-electron chi connectivity index (χ2n) is 7.27. The molecule has 1 amide bonds. The van der Waals surface area contributed by atoms with Crippen LogP contribution in [0, 0.1) is 12.7 Å². The average Bonchev–Trinajstić information content (AvgIpc) is 3.24. The molecule has 2 heterocycles. The highest BCUT2D eigenvalue weighted by Gasteiger charge is 2.28. The van der Waals surface area contributed by atoms with Crippen molar-refractivity contribution in [1.82, 2.24) is 9.97 Å². The number of aromatic nitrogens is 2. The molecule has 0 spiro atoms. The van der Waals surface area contributed by atoms with Gasteiger partial charge in [-0.15, -0.1) is 0 Å². The predicted octanol–water partition coefficient (Wildman–Crippen LogP) is 4.15. The molecular weight excluding hydrogens is 465 g/mol.